The Kier molecular flexibility index (Phi) is 5.25. The van der Waals surface area contributed by atoms with E-state index >= 15 is 0 Å². The molecule has 0 bridgehead atoms. The number of aliphatic carboxylic acids is 1. The molecule has 21 heavy (non-hydrogen) atoms. The van der Waals surface area contributed by atoms with Gasteiger partial charge in [0.2, 0.25) is 0 Å². The van der Waals surface area contributed by atoms with Gasteiger partial charge >= 0.3 is 5.97 Å². The minimum atomic E-state index is -1.06. The Morgan fingerprint density at radius 2 is 2.24 bits per heavy atom. The predicted molar refractivity (Wildman–Crippen MR) is 80.9 cm³/mol. The third kappa shape index (κ3) is 4.51. The lowest BCUT2D eigenvalue weighted by molar-refractivity contribution is -0.131. The van der Waals surface area contributed by atoms with Crippen molar-refractivity contribution in [3.8, 4) is 5.75 Å². The third-order valence-electron chi connectivity index (χ3n) is 2.57. The van der Waals surface area contributed by atoms with Crippen LogP contribution in [-0.2, 0) is 11.3 Å². The lowest BCUT2D eigenvalue weighted by Gasteiger charge is -2.12. The van der Waals surface area contributed by atoms with Gasteiger partial charge in [0.15, 0.2) is 0 Å². The average molecular weight is 327 g/mol. The van der Waals surface area contributed by atoms with Crippen molar-refractivity contribution in [1.82, 2.24) is 9.78 Å². The Balaban J connectivity index is 2.14. The molecular formula is C14H12Cl2N2O3. The van der Waals surface area contributed by atoms with E-state index < -0.39 is 5.97 Å². The molecule has 0 atom stereocenters. The molecule has 0 fully saturated rings. The standard InChI is InChI=1S/C14H12Cl2N2O3/c15-11-8-10(2-3-13(19)20)14(12(16)9-11)21-7-6-18-5-1-4-17-18/h1-5,8-9H,6-7H2,(H,19,20). The van der Waals surface area contributed by atoms with Crippen LogP contribution in [0.5, 0.6) is 5.75 Å². The molecule has 2 aromatic rings. The maximum atomic E-state index is 10.6. The molecule has 0 radical (unpaired) electrons. The fourth-order valence-corrected chi connectivity index (χ4v) is 2.26. The maximum absolute atomic E-state index is 10.6. The maximum Gasteiger partial charge on any atom is 0.328 e. The van der Waals surface area contributed by atoms with Crippen LogP contribution in [0.4, 0.5) is 0 Å². The van der Waals surface area contributed by atoms with Gasteiger partial charge in [0.25, 0.3) is 0 Å². The Hall–Kier alpha value is -1.98. The number of nitrogens with zero attached hydrogens (tertiary/aromatic N) is 2. The minimum absolute atomic E-state index is 0.327. The van der Waals surface area contributed by atoms with Gasteiger partial charge in [-0.1, -0.05) is 23.2 Å². The van der Waals surface area contributed by atoms with Crippen LogP contribution in [0.2, 0.25) is 10.0 Å². The van der Waals surface area contributed by atoms with Gasteiger partial charge in [0.05, 0.1) is 11.6 Å². The first kappa shape index (κ1) is 15.4. The molecule has 0 aliphatic rings. The molecule has 7 heteroatoms. The second-order valence-corrected chi connectivity index (χ2v) is 4.94. The highest BCUT2D eigenvalue weighted by atomic mass is 35.5. The number of ether oxygens (including phenoxy) is 1. The zero-order valence-electron chi connectivity index (χ0n) is 10.9. The van der Waals surface area contributed by atoms with E-state index in [1.54, 1.807) is 23.0 Å². The molecule has 0 aliphatic heterocycles. The monoisotopic (exact) mass is 326 g/mol. The molecule has 1 N–H and O–H groups in total. The highest BCUT2D eigenvalue weighted by Gasteiger charge is 2.09. The summed E-state index contributed by atoms with van der Waals surface area (Å²) in [5.41, 5.74) is 0.510. The van der Waals surface area contributed by atoms with Crippen LogP contribution in [0.1, 0.15) is 5.56 Å². The second kappa shape index (κ2) is 7.15. The molecule has 0 amide bonds. The SMILES string of the molecule is O=C(O)C=Cc1cc(Cl)cc(Cl)c1OCCn1cccn1. The van der Waals surface area contributed by atoms with Gasteiger partial charge in [-0.3, -0.25) is 4.68 Å². The number of carboxylic acids is 1. The van der Waals surface area contributed by atoms with E-state index in [0.717, 1.165) is 6.08 Å². The number of rotatable bonds is 6. The summed E-state index contributed by atoms with van der Waals surface area (Å²) in [6.45, 7) is 0.894. The van der Waals surface area contributed by atoms with Crippen molar-refractivity contribution in [3.05, 3.63) is 52.3 Å². The first-order chi connectivity index (χ1) is 10.1. The Morgan fingerprint density at radius 1 is 1.43 bits per heavy atom. The van der Waals surface area contributed by atoms with Crippen LogP contribution in [0, 0.1) is 0 Å². The molecule has 0 saturated heterocycles. The van der Waals surface area contributed by atoms with Gasteiger partial charge in [-0.25, -0.2) is 4.79 Å². The lowest BCUT2D eigenvalue weighted by atomic mass is 10.2. The molecular weight excluding hydrogens is 315 g/mol. The van der Waals surface area contributed by atoms with Crippen LogP contribution in [0.3, 0.4) is 0 Å². The van der Waals surface area contributed by atoms with Gasteiger partial charge in [-0.05, 0) is 24.3 Å². The Labute approximate surface area is 131 Å². The number of hydrogen-bond donors (Lipinski definition) is 1. The molecule has 1 aromatic carbocycles. The summed E-state index contributed by atoms with van der Waals surface area (Å²) in [6.07, 6.45) is 5.89. The summed E-state index contributed by atoms with van der Waals surface area (Å²) < 4.78 is 7.35. The Bertz CT molecular complexity index is 654. The van der Waals surface area contributed by atoms with Crippen LogP contribution >= 0.6 is 23.2 Å². The van der Waals surface area contributed by atoms with Crippen molar-refractivity contribution in [2.24, 2.45) is 0 Å². The molecule has 2 rings (SSSR count). The van der Waals surface area contributed by atoms with Crippen molar-refractivity contribution in [1.29, 1.82) is 0 Å². The zero-order chi connectivity index (χ0) is 15.2. The number of carboxylic acid groups (broad SMARTS) is 1. The summed E-state index contributed by atoms with van der Waals surface area (Å²) in [6, 6.07) is 4.96. The van der Waals surface area contributed by atoms with E-state index in [1.807, 2.05) is 12.3 Å². The predicted octanol–water partition coefficient (Wildman–Crippen LogP) is 3.37. The number of halogens is 2. The van der Waals surface area contributed by atoms with E-state index in [0.29, 0.717) is 34.5 Å². The first-order valence-corrected chi connectivity index (χ1v) is 6.82. The molecule has 0 unspecified atom stereocenters. The van der Waals surface area contributed by atoms with Gasteiger partial charge < -0.3 is 9.84 Å². The quantitative estimate of drug-likeness (QED) is 0.826. The third-order valence-corrected chi connectivity index (χ3v) is 3.07. The molecule has 110 valence electrons. The van der Waals surface area contributed by atoms with E-state index in [-0.39, 0.29) is 0 Å². The average Bonchev–Trinajstić information content (AvgIpc) is 2.92. The second-order valence-electron chi connectivity index (χ2n) is 4.10. The summed E-state index contributed by atoms with van der Waals surface area (Å²) >= 11 is 12.0. The number of carbonyl (C=O) groups is 1. The van der Waals surface area contributed by atoms with Gasteiger partial charge in [-0.2, -0.15) is 5.10 Å². The number of benzene rings is 1. The molecule has 5 nitrogen and oxygen atoms in total. The highest BCUT2D eigenvalue weighted by Crippen LogP contribution is 2.33. The van der Waals surface area contributed by atoms with E-state index in [9.17, 15) is 4.79 Å². The summed E-state index contributed by atoms with van der Waals surface area (Å²) in [4.78, 5) is 10.6. The smallest absolute Gasteiger partial charge is 0.328 e. The van der Waals surface area contributed by atoms with E-state index in [1.165, 1.54) is 6.08 Å². The molecule has 0 saturated carbocycles. The van der Waals surface area contributed by atoms with E-state index in [4.69, 9.17) is 33.0 Å². The largest absolute Gasteiger partial charge is 0.489 e. The van der Waals surface area contributed by atoms with Crippen molar-refractivity contribution >= 4 is 35.2 Å². The van der Waals surface area contributed by atoms with Crippen LogP contribution in [0.25, 0.3) is 6.08 Å². The summed E-state index contributed by atoms with van der Waals surface area (Å²) in [7, 11) is 0. The minimum Gasteiger partial charge on any atom is -0.489 e. The fraction of sp³-hybridized carbons (Fsp3) is 0.143. The number of hydrogen-bond acceptors (Lipinski definition) is 3. The topological polar surface area (TPSA) is 64.3 Å². The first-order valence-electron chi connectivity index (χ1n) is 6.06. The summed E-state index contributed by atoms with van der Waals surface area (Å²) in [5.74, 6) is -0.667. The molecule has 1 aromatic heterocycles. The van der Waals surface area contributed by atoms with Crippen molar-refractivity contribution < 1.29 is 14.6 Å². The van der Waals surface area contributed by atoms with Crippen molar-refractivity contribution in [3.63, 3.8) is 0 Å². The van der Waals surface area contributed by atoms with Crippen LogP contribution in [0.15, 0.2) is 36.7 Å². The van der Waals surface area contributed by atoms with Gasteiger partial charge in [-0.15, -0.1) is 0 Å². The van der Waals surface area contributed by atoms with Crippen LogP contribution < -0.4 is 4.74 Å². The van der Waals surface area contributed by atoms with E-state index in [2.05, 4.69) is 5.10 Å². The van der Waals surface area contributed by atoms with Gasteiger partial charge in [0, 0.05) is 29.1 Å². The molecule has 1 heterocycles. The summed E-state index contributed by atoms with van der Waals surface area (Å²) in [5, 5.41) is 13.5. The lowest BCUT2D eigenvalue weighted by Crippen LogP contribution is -2.09. The van der Waals surface area contributed by atoms with Crippen molar-refractivity contribution in [2.45, 2.75) is 6.54 Å². The van der Waals surface area contributed by atoms with Crippen molar-refractivity contribution in [2.75, 3.05) is 6.61 Å². The zero-order valence-corrected chi connectivity index (χ0v) is 12.4. The molecule has 0 aliphatic carbocycles. The Morgan fingerprint density at radius 3 is 2.90 bits per heavy atom. The fourth-order valence-electron chi connectivity index (χ4n) is 1.69. The van der Waals surface area contributed by atoms with Gasteiger partial charge in [0.1, 0.15) is 12.4 Å². The molecule has 0 spiro atoms. The normalized spacial score (nSPS) is 11.0. The van der Waals surface area contributed by atoms with Crippen LogP contribution in [-0.4, -0.2) is 27.5 Å². The number of aromatic nitrogens is 2. The highest BCUT2D eigenvalue weighted by molar-refractivity contribution is 6.35.